The molecular weight excluding hydrogens is 248 g/mol. The van der Waals surface area contributed by atoms with Gasteiger partial charge in [-0.05, 0) is 14.0 Å². The van der Waals surface area contributed by atoms with Crippen LogP contribution in [0.5, 0.6) is 17.2 Å². The Balaban J connectivity index is 3.06. The van der Waals surface area contributed by atoms with Crippen molar-refractivity contribution < 1.29 is 19.0 Å². The number of benzene rings is 1. The smallest absolute Gasteiger partial charge is 0.241 e. The molecular formula is C13H20N2O4. The first kappa shape index (κ1) is 15.1. The summed E-state index contributed by atoms with van der Waals surface area (Å²) in [6, 6.07) is 3.07. The first-order valence-electron chi connectivity index (χ1n) is 5.85. The van der Waals surface area contributed by atoms with Gasteiger partial charge in [0, 0.05) is 17.8 Å². The zero-order valence-corrected chi connectivity index (χ0v) is 11.9. The number of amides is 1. The highest BCUT2D eigenvalue weighted by Gasteiger charge is 2.16. The van der Waals surface area contributed by atoms with Gasteiger partial charge in [-0.15, -0.1) is 0 Å². The van der Waals surface area contributed by atoms with Gasteiger partial charge >= 0.3 is 0 Å². The third-order valence-electron chi connectivity index (χ3n) is 2.76. The third kappa shape index (κ3) is 3.51. The molecule has 0 bridgehead atoms. The van der Waals surface area contributed by atoms with Crippen LogP contribution in [0.15, 0.2) is 12.1 Å². The quantitative estimate of drug-likeness (QED) is 0.813. The summed E-state index contributed by atoms with van der Waals surface area (Å²) in [6.07, 6.45) is 0. The van der Waals surface area contributed by atoms with E-state index in [1.165, 1.54) is 21.3 Å². The summed E-state index contributed by atoms with van der Waals surface area (Å²) in [5.41, 5.74) is 0.585. The lowest BCUT2D eigenvalue weighted by Crippen LogP contribution is -2.35. The molecule has 0 spiro atoms. The average Bonchev–Trinajstić information content (AvgIpc) is 2.44. The lowest BCUT2D eigenvalue weighted by molar-refractivity contribution is -0.117. The normalized spacial score (nSPS) is 11.6. The highest BCUT2D eigenvalue weighted by Crippen LogP contribution is 2.39. The Hall–Kier alpha value is -1.95. The molecule has 1 aromatic rings. The van der Waals surface area contributed by atoms with Gasteiger partial charge in [0.25, 0.3) is 0 Å². The number of hydrogen-bond donors (Lipinski definition) is 2. The number of hydrogen-bond acceptors (Lipinski definition) is 5. The number of likely N-dealkylation sites (N-methyl/N-ethyl adjacent to an activating group) is 1. The molecule has 1 aromatic carbocycles. The van der Waals surface area contributed by atoms with Crippen molar-refractivity contribution in [1.29, 1.82) is 0 Å². The van der Waals surface area contributed by atoms with Crippen molar-refractivity contribution in [2.24, 2.45) is 0 Å². The SMILES string of the molecule is CNC(C)C(=O)Nc1cc(OC)c(OC)c(OC)c1. The molecule has 6 nitrogen and oxygen atoms in total. The molecule has 0 heterocycles. The summed E-state index contributed by atoms with van der Waals surface area (Å²) >= 11 is 0. The highest BCUT2D eigenvalue weighted by molar-refractivity contribution is 5.95. The molecule has 0 saturated carbocycles. The molecule has 0 aliphatic carbocycles. The van der Waals surface area contributed by atoms with Gasteiger partial charge in [-0.1, -0.05) is 0 Å². The zero-order valence-electron chi connectivity index (χ0n) is 11.9. The van der Waals surface area contributed by atoms with E-state index < -0.39 is 0 Å². The molecule has 1 unspecified atom stereocenters. The van der Waals surface area contributed by atoms with E-state index in [1.807, 2.05) is 0 Å². The Labute approximate surface area is 113 Å². The minimum Gasteiger partial charge on any atom is -0.493 e. The first-order valence-corrected chi connectivity index (χ1v) is 5.85. The number of carbonyl (C=O) groups excluding carboxylic acids is 1. The second kappa shape index (κ2) is 6.84. The fourth-order valence-electron chi connectivity index (χ4n) is 1.53. The van der Waals surface area contributed by atoms with Crippen LogP contribution in [0.3, 0.4) is 0 Å². The van der Waals surface area contributed by atoms with E-state index in [4.69, 9.17) is 14.2 Å². The lowest BCUT2D eigenvalue weighted by Gasteiger charge is -2.16. The Bertz CT molecular complexity index is 423. The third-order valence-corrected chi connectivity index (χ3v) is 2.76. The van der Waals surface area contributed by atoms with Crippen LogP contribution >= 0.6 is 0 Å². The van der Waals surface area contributed by atoms with Crippen molar-refractivity contribution in [2.45, 2.75) is 13.0 Å². The molecule has 1 atom stereocenters. The summed E-state index contributed by atoms with van der Waals surface area (Å²) in [5.74, 6) is 1.34. The molecule has 1 rings (SSSR count). The topological polar surface area (TPSA) is 68.8 Å². The van der Waals surface area contributed by atoms with Crippen LogP contribution in [0.25, 0.3) is 0 Å². The van der Waals surface area contributed by atoms with Crippen molar-refractivity contribution in [3.8, 4) is 17.2 Å². The lowest BCUT2D eigenvalue weighted by atomic mass is 10.2. The van der Waals surface area contributed by atoms with Crippen molar-refractivity contribution in [3.63, 3.8) is 0 Å². The van der Waals surface area contributed by atoms with Gasteiger partial charge in [0.15, 0.2) is 11.5 Å². The Morgan fingerprint density at radius 1 is 1.11 bits per heavy atom. The molecule has 0 aromatic heterocycles. The van der Waals surface area contributed by atoms with E-state index in [0.717, 1.165) is 0 Å². The van der Waals surface area contributed by atoms with E-state index in [9.17, 15) is 4.79 Å². The molecule has 2 N–H and O–H groups in total. The molecule has 0 aliphatic rings. The molecule has 106 valence electrons. The summed E-state index contributed by atoms with van der Waals surface area (Å²) < 4.78 is 15.6. The molecule has 6 heteroatoms. The van der Waals surface area contributed by atoms with E-state index in [2.05, 4.69) is 10.6 Å². The number of carbonyl (C=O) groups is 1. The number of anilines is 1. The van der Waals surface area contributed by atoms with Crippen molar-refractivity contribution in [3.05, 3.63) is 12.1 Å². The molecule has 1 amide bonds. The maximum absolute atomic E-state index is 11.8. The predicted molar refractivity (Wildman–Crippen MR) is 73.2 cm³/mol. The highest BCUT2D eigenvalue weighted by atomic mass is 16.5. The standard InChI is InChI=1S/C13H20N2O4/c1-8(14-2)13(16)15-9-6-10(17-3)12(19-5)11(7-9)18-4/h6-8,14H,1-5H3,(H,15,16). The second-order valence-electron chi connectivity index (χ2n) is 3.91. The first-order chi connectivity index (χ1) is 9.07. The van der Waals surface area contributed by atoms with Gasteiger partial charge in [-0.2, -0.15) is 0 Å². The van der Waals surface area contributed by atoms with Crippen LogP contribution in [-0.2, 0) is 4.79 Å². The summed E-state index contributed by atoms with van der Waals surface area (Å²) in [6.45, 7) is 1.77. The van der Waals surface area contributed by atoms with Gasteiger partial charge in [0.2, 0.25) is 11.7 Å². The van der Waals surface area contributed by atoms with Crippen molar-refractivity contribution in [1.82, 2.24) is 5.32 Å². The van der Waals surface area contributed by atoms with Gasteiger partial charge in [0.05, 0.1) is 27.4 Å². The van der Waals surface area contributed by atoms with Crippen LogP contribution < -0.4 is 24.8 Å². The number of methoxy groups -OCH3 is 3. The second-order valence-corrected chi connectivity index (χ2v) is 3.91. The van der Waals surface area contributed by atoms with E-state index >= 15 is 0 Å². The molecule has 0 fully saturated rings. The number of nitrogens with one attached hydrogen (secondary N) is 2. The molecule has 19 heavy (non-hydrogen) atoms. The number of rotatable bonds is 6. The van der Waals surface area contributed by atoms with Crippen LogP contribution in [-0.4, -0.2) is 40.3 Å². The van der Waals surface area contributed by atoms with E-state index in [-0.39, 0.29) is 11.9 Å². The van der Waals surface area contributed by atoms with Gasteiger partial charge in [0.1, 0.15) is 0 Å². The molecule has 0 aliphatic heterocycles. The van der Waals surface area contributed by atoms with Gasteiger partial charge in [-0.25, -0.2) is 0 Å². The molecule has 0 radical (unpaired) electrons. The van der Waals surface area contributed by atoms with Crippen LogP contribution in [0.2, 0.25) is 0 Å². The van der Waals surface area contributed by atoms with Gasteiger partial charge < -0.3 is 24.8 Å². The Morgan fingerprint density at radius 3 is 2.00 bits per heavy atom. The largest absolute Gasteiger partial charge is 0.493 e. The monoisotopic (exact) mass is 268 g/mol. The Kier molecular flexibility index (Phi) is 5.44. The van der Waals surface area contributed by atoms with E-state index in [1.54, 1.807) is 26.1 Å². The van der Waals surface area contributed by atoms with Gasteiger partial charge in [-0.3, -0.25) is 4.79 Å². The number of ether oxygens (including phenoxy) is 3. The fourth-order valence-corrected chi connectivity index (χ4v) is 1.53. The summed E-state index contributed by atoms with van der Waals surface area (Å²) in [7, 11) is 6.30. The Morgan fingerprint density at radius 2 is 1.63 bits per heavy atom. The molecule has 0 saturated heterocycles. The minimum absolute atomic E-state index is 0.142. The van der Waals surface area contributed by atoms with Crippen molar-refractivity contribution in [2.75, 3.05) is 33.7 Å². The summed E-state index contributed by atoms with van der Waals surface area (Å²) in [4.78, 5) is 11.8. The van der Waals surface area contributed by atoms with E-state index in [0.29, 0.717) is 22.9 Å². The predicted octanol–water partition coefficient (Wildman–Crippen LogP) is 1.26. The van der Waals surface area contributed by atoms with Crippen LogP contribution in [0, 0.1) is 0 Å². The fraction of sp³-hybridized carbons (Fsp3) is 0.462. The minimum atomic E-state index is -0.293. The van der Waals surface area contributed by atoms with Crippen molar-refractivity contribution >= 4 is 11.6 Å². The maximum atomic E-state index is 11.8. The maximum Gasteiger partial charge on any atom is 0.241 e. The van der Waals surface area contributed by atoms with Crippen LogP contribution in [0.4, 0.5) is 5.69 Å². The zero-order chi connectivity index (χ0) is 14.4. The average molecular weight is 268 g/mol. The summed E-state index contributed by atoms with van der Waals surface area (Å²) in [5, 5.41) is 5.64. The van der Waals surface area contributed by atoms with Crippen LogP contribution in [0.1, 0.15) is 6.92 Å².